The molecule has 1 aliphatic heterocycles. The van der Waals surface area contributed by atoms with E-state index in [0.29, 0.717) is 0 Å². The molecule has 1 aliphatic rings. The molecule has 2 atom stereocenters. The lowest BCUT2D eigenvalue weighted by Crippen LogP contribution is -2.37. The quantitative estimate of drug-likeness (QED) is 0.567. The van der Waals surface area contributed by atoms with Gasteiger partial charge in [-0.15, -0.1) is 0 Å². The van der Waals surface area contributed by atoms with Gasteiger partial charge >= 0.3 is 0 Å². The molecule has 1 heterocycles. The Kier molecular flexibility index (Phi) is 1.78. The molecule has 1 fully saturated rings. The summed E-state index contributed by atoms with van der Waals surface area (Å²) in [5, 5.41) is 0. The zero-order valence-electron chi connectivity index (χ0n) is 6.18. The first-order valence-electron chi connectivity index (χ1n) is 3.52. The minimum absolute atomic E-state index is 0.250. The largest absolute Gasteiger partial charge is 0.379 e. The average molecular weight is 129 g/mol. The van der Waals surface area contributed by atoms with Crippen LogP contribution in [0.5, 0.6) is 0 Å². The zero-order chi connectivity index (χ0) is 6.91. The number of ether oxygens (including phenoxy) is 1. The van der Waals surface area contributed by atoms with E-state index in [9.17, 15) is 0 Å². The molecule has 1 saturated heterocycles. The Labute approximate surface area is 56.4 Å². The Hall–Kier alpha value is -0.0800. The van der Waals surface area contributed by atoms with E-state index >= 15 is 0 Å². The topological polar surface area (TPSA) is 35.2 Å². The van der Waals surface area contributed by atoms with Gasteiger partial charge in [-0.05, 0) is 6.42 Å². The first-order chi connectivity index (χ1) is 4.19. The molecule has 1 rings (SSSR count). The maximum absolute atomic E-state index is 5.80. The van der Waals surface area contributed by atoms with Gasteiger partial charge in [0.15, 0.2) is 0 Å². The van der Waals surface area contributed by atoms with E-state index in [1.807, 2.05) is 0 Å². The van der Waals surface area contributed by atoms with Gasteiger partial charge in [0.05, 0.1) is 13.2 Å². The molecule has 0 aromatic rings. The molecule has 0 spiro atoms. The molecule has 2 unspecified atom stereocenters. The summed E-state index contributed by atoms with van der Waals surface area (Å²) in [6.45, 7) is 5.92. The van der Waals surface area contributed by atoms with E-state index in [1.54, 1.807) is 0 Å². The summed E-state index contributed by atoms with van der Waals surface area (Å²) in [5.74, 6) is 0. The van der Waals surface area contributed by atoms with E-state index in [-0.39, 0.29) is 11.5 Å². The highest BCUT2D eigenvalue weighted by Crippen LogP contribution is 2.29. The second-order valence-corrected chi connectivity index (χ2v) is 3.13. The minimum Gasteiger partial charge on any atom is -0.379 e. The van der Waals surface area contributed by atoms with Crippen LogP contribution in [0.3, 0.4) is 0 Å². The smallest absolute Gasteiger partial charge is 0.0624 e. The van der Waals surface area contributed by atoms with E-state index in [4.69, 9.17) is 10.5 Å². The lowest BCUT2D eigenvalue weighted by Gasteiger charge is -2.24. The van der Waals surface area contributed by atoms with Gasteiger partial charge in [-0.1, -0.05) is 13.8 Å². The van der Waals surface area contributed by atoms with E-state index in [0.717, 1.165) is 19.6 Å². The summed E-state index contributed by atoms with van der Waals surface area (Å²) in [4.78, 5) is 0. The van der Waals surface area contributed by atoms with Crippen LogP contribution in [0.1, 0.15) is 20.3 Å². The molecule has 9 heavy (non-hydrogen) atoms. The summed E-state index contributed by atoms with van der Waals surface area (Å²) in [6, 6.07) is 0.252. The van der Waals surface area contributed by atoms with Crippen LogP contribution >= 0.6 is 0 Å². The highest BCUT2D eigenvalue weighted by molar-refractivity contribution is 4.88. The minimum atomic E-state index is 0.250. The summed E-state index contributed by atoms with van der Waals surface area (Å²) < 4.78 is 5.24. The molecule has 0 saturated carbocycles. The fourth-order valence-corrected chi connectivity index (χ4v) is 1.09. The SMILES string of the molecule is CCC1(C)COCC1N. The van der Waals surface area contributed by atoms with Gasteiger partial charge in [0.25, 0.3) is 0 Å². The third-order valence-electron chi connectivity index (χ3n) is 2.43. The first kappa shape index (κ1) is 7.03. The van der Waals surface area contributed by atoms with Crippen LogP contribution in [-0.4, -0.2) is 19.3 Å². The third-order valence-corrected chi connectivity index (χ3v) is 2.43. The van der Waals surface area contributed by atoms with Crippen molar-refractivity contribution >= 4 is 0 Å². The zero-order valence-corrected chi connectivity index (χ0v) is 6.18. The molecule has 2 N–H and O–H groups in total. The Morgan fingerprint density at radius 1 is 1.78 bits per heavy atom. The molecule has 0 amide bonds. The predicted molar refractivity (Wildman–Crippen MR) is 37.2 cm³/mol. The van der Waals surface area contributed by atoms with Crippen LogP contribution in [-0.2, 0) is 4.74 Å². The summed E-state index contributed by atoms with van der Waals surface area (Å²) in [7, 11) is 0. The van der Waals surface area contributed by atoms with Crippen LogP contribution in [0.4, 0.5) is 0 Å². The highest BCUT2D eigenvalue weighted by atomic mass is 16.5. The predicted octanol–water partition coefficient (Wildman–Crippen LogP) is 0.760. The molecule has 0 aromatic carbocycles. The van der Waals surface area contributed by atoms with Crippen LogP contribution in [0.15, 0.2) is 0 Å². The van der Waals surface area contributed by atoms with E-state index < -0.39 is 0 Å². The monoisotopic (exact) mass is 129 g/mol. The standard InChI is InChI=1S/C7H15NO/c1-3-7(2)5-9-4-6(7)8/h6H,3-5,8H2,1-2H3. The Balaban J connectivity index is 2.56. The summed E-state index contributed by atoms with van der Waals surface area (Å²) in [6.07, 6.45) is 1.12. The summed E-state index contributed by atoms with van der Waals surface area (Å²) in [5.41, 5.74) is 6.05. The second kappa shape index (κ2) is 2.27. The Morgan fingerprint density at radius 2 is 2.44 bits per heavy atom. The van der Waals surface area contributed by atoms with Crippen molar-refractivity contribution in [1.29, 1.82) is 0 Å². The van der Waals surface area contributed by atoms with Crippen LogP contribution in [0.2, 0.25) is 0 Å². The van der Waals surface area contributed by atoms with Gasteiger partial charge in [-0.3, -0.25) is 0 Å². The van der Waals surface area contributed by atoms with Crippen molar-refractivity contribution in [3.8, 4) is 0 Å². The number of hydrogen-bond donors (Lipinski definition) is 1. The second-order valence-electron chi connectivity index (χ2n) is 3.13. The summed E-state index contributed by atoms with van der Waals surface area (Å²) >= 11 is 0. The van der Waals surface area contributed by atoms with Gasteiger partial charge in [-0.2, -0.15) is 0 Å². The van der Waals surface area contributed by atoms with Gasteiger partial charge < -0.3 is 10.5 Å². The van der Waals surface area contributed by atoms with Crippen LogP contribution in [0.25, 0.3) is 0 Å². The van der Waals surface area contributed by atoms with Crippen molar-refractivity contribution in [2.45, 2.75) is 26.3 Å². The van der Waals surface area contributed by atoms with Crippen molar-refractivity contribution < 1.29 is 4.74 Å². The molecule has 0 aliphatic carbocycles. The van der Waals surface area contributed by atoms with Gasteiger partial charge in [0.2, 0.25) is 0 Å². The van der Waals surface area contributed by atoms with Gasteiger partial charge in [0.1, 0.15) is 0 Å². The number of nitrogens with two attached hydrogens (primary N) is 1. The van der Waals surface area contributed by atoms with E-state index in [2.05, 4.69) is 13.8 Å². The molecular formula is C7H15NO. The normalized spacial score (nSPS) is 43.7. The molecule has 0 radical (unpaired) electrons. The maximum atomic E-state index is 5.80. The fraction of sp³-hybridized carbons (Fsp3) is 1.00. The molecule has 2 nitrogen and oxygen atoms in total. The fourth-order valence-electron chi connectivity index (χ4n) is 1.09. The van der Waals surface area contributed by atoms with Crippen molar-refractivity contribution in [2.24, 2.45) is 11.1 Å². The first-order valence-corrected chi connectivity index (χ1v) is 3.52. The van der Waals surface area contributed by atoms with Crippen LogP contribution < -0.4 is 5.73 Å². The highest BCUT2D eigenvalue weighted by Gasteiger charge is 2.35. The van der Waals surface area contributed by atoms with Crippen molar-refractivity contribution in [3.63, 3.8) is 0 Å². The van der Waals surface area contributed by atoms with Crippen molar-refractivity contribution in [2.75, 3.05) is 13.2 Å². The lowest BCUT2D eigenvalue weighted by molar-refractivity contribution is 0.157. The third kappa shape index (κ3) is 1.10. The lowest BCUT2D eigenvalue weighted by atomic mass is 9.83. The van der Waals surface area contributed by atoms with Gasteiger partial charge in [-0.25, -0.2) is 0 Å². The van der Waals surface area contributed by atoms with Gasteiger partial charge in [0, 0.05) is 11.5 Å². The molecule has 54 valence electrons. The number of rotatable bonds is 1. The molecule has 0 aromatic heterocycles. The van der Waals surface area contributed by atoms with E-state index in [1.165, 1.54) is 0 Å². The number of hydrogen-bond acceptors (Lipinski definition) is 2. The molecule has 0 bridgehead atoms. The van der Waals surface area contributed by atoms with Crippen LogP contribution in [0, 0.1) is 5.41 Å². The Morgan fingerprint density at radius 3 is 2.67 bits per heavy atom. The average Bonchev–Trinajstić information content (AvgIpc) is 2.15. The molecule has 2 heteroatoms. The molecular weight excluding hydrogens is 114 g/mol. The van der Waals surface area contributed by atoms with Crippen molar-refractivity contribution in [1.82, 2.24) is 0 Å². The maximum Gasteiger partial charge on any atom is 0.0624 e. The van der Waals surface area contributed by atoms with Crippen molar-refractivity contribution in [3.05, 3.63) is 0 Å². The Bertz CT molecular complexity index is 105.